The molecule has 0 radical (unpaired) electrons. The summed E-state index contributed by atoms with van der Waals surface area (Å²) in [5.41, 5.74) is 1.62. The van der Waals surface area contributed by atoms with Gasteiger partial charge in [0.05, 0.1) is 23.0 Å². The van der Waals surface area contributed by atoms with E-state index in [1.807, 2.05) is 4.90 Å². The zero-order valence-electron chi connectivity index (χ0n) is 26.5. The van der Waals surface area contributed by atoms with Gasteiger partial charge in [-0.05, 0) is 104 Å². The predicted octanol–water partition coefficient (Wildman–Crippen LogP) is 6.80. The second-order valence-electron chi connectivity index (χ2n) is 16.6. The van der Waals surface area contributed by atoms with Gasteiger partial charge in [-0.2, -0.15) is 0 Å². The summed E-state index contributed by atoms with van der Waals surface area (Å²) in [5.74, 6) is 1.81. The lowest BCUT2D eigenvalue weighted by Gasteiger charge is -2.62. The van der Waals surface area contributed by atoms with Crippen LogP contribution in [0.1, 0.15) is 119 Å². The smallest absolute Gasteiger partial charge is 0.229 e. The van der Waals surface area contributed by atoms with E-state index in [0.29, 0.717) is 24.9 Å². The molecular formula is C34H57NO4S. The topological polar surface area (TPSA) is 74.7 Å². The van der Waals surface area contributed by atoms with E-state index in [-0.39, 0.29) is 56.5 Å². The van der Waals surface area contributed by atoms with Crippen LogP contribution in [-0.2, 0) is 14.6 Å². The molecule has 5 aliphatic rings. The van der Waals surface area contributed by atoms with Crippen molar-refractivity contribution in [3.63, 3.8) is 0 Å². The molecule has 4 aliphatic carbocycles. The van der Waals surface area contributed by atoms with E-state index in [1.54, 1.807) is 5.57 Å². The number of fused-ring (bicyclic) bond motifs is 3. The summed E-state index contributed by atoms with van der Waals surface area (Å²) in [7, 11) is -3.02. The Hall–Kier alpha value is -0.880. The minimum absolute atomic E-state index is 0.0721. The zero-order chi connectivity index (χ0) is 29.4. The van der Waals surface area contributed by atoms with Crippen LogP contribution in [0.5, 0.6) is 0 Å². The van der Waals surface area contributed by atoms with Gasteiger partial charge in [0.15, 0.2) is 9.84 Å². The predicted molar refractivity (Wildman–Crippen MR) is 162 cm³/mol. The summed E-state index contributed by atoms with van der Waals surface area (Å²) in [4.78, 5) is 16.3. The second-order valence-corrected chi connectivity index (χ2v) is 18.9. The third kappa shape index (κ3) is 4.93. The molecule has 5 nitrogen and oxygen atoms in total. The van der Waals surface area contributed by atoms with Crippen molar-refractivity contribution in [1.29, 1.82) is 0 Å². The molecule has 0 spiro atoms. The minimum atomic E-state index is -3.02. The van der Waals surface area contributed by atoms with Crippen molar-refractivity contribution in [2.75, 3.05) is 24.6 Å². The van der Waals surface area contributed by atoms with E-state index >= 15 is 0 Å². The van der Waals surface area contributed by atoms with Crippen LogP contribution in [0.15, 0.2) is 11.6 Å². The number of sulfone groups is 1. The lowest BCUT2D eigenvalue weighted by molar-refractivity contribution is -0.155. The van der Waals surface area contributed by atoms with Crippen LogP contribution in [0.2, 0.25) is 0 Å². The normalized spacial score (nSPS) is 44.2. The van der Waals surface area contributed by atoms with Crippen molar-refractivity contribution in [3.8, 4) is 0 Å². The quantitative estimate of drug-likeness (QED) is 0.374. The third-order valence-electron chi connectivity index (χ3n) is 13.3. The highest BCUT2D eigenvalue weighted by atomic mass is 32.2. The maximum absolute atomic E-state index is 14.4. The van der Waals surface area contributed by atoms with E-state index in [4.69, 9.17) is 0 Å². The molecule has 1 saturated heterocycles. The molecule has 1 heterocycles. The summed E-state index contributed by atoms with van der Waals surface area (Å²) < 4.78 is 24.3. The molecule has 6 heteroatoms. The van der Waals surface area contributed by atoms with Gasteiger partial charge in [0.25, 0.3) is 0 Å². The van der Waals surface area contributed by atoms with Gasteiger partial charge >= 0.3 is 0 Å². The maximum atomic E-state index is 14.4. The number of aliphatic hydroxyl groups is 1. The van der Waals surface area contributed by atoms with Gasteiger partial charge < -0.3 is 10.0 Å². The van der Waals surface area contributed by atoms with Crippen LogP contribution >= 0.6 is 0 Å². The molecule has 5 rings (SSSR count). The molecule has 0 aromatic rings. The fraction of sp³-hybridized carbons (Fsp3) is 0.912. The van der Waals surface area contributed by atoms with E-state index in [2.05, 4.69) is 54.5 Å². The summed E-state index contributed by atoms with van der Waals surface area (Å²) >= 11 is 0. The Morgan fingerprint density at radius 1 is 0.975 bits per heavy atom. The zero-order valence-corrected chi connectivity index (χ0v) is 27.3. The molecule has 0 aromatic carbocycles. The number of nitrogens with zero attached hydrogens (tertiary/aromatic N) is 1. The highest BCUT2D eigenvalue weighted by Crippen LogP contribution is 2.67. The van der Waals surface area contributed by atoms with Crippen LogP contribution in [-0.4, -0.2) is 55.0 Å². The molecule has 40 heavy (non-hydrogen) atoms. The number of aliphatic hydroxyl groups excluding tert-OH is 1. The van der Waals surface area contributed by atoms with Crippen LogP contribution in [0, 0.1) is 44.8 Å². The number of rotatable bonds is 4. The van der Waals surface area contributed by atoms with Gasteiger partial charge in [-0.1, -0.05) is 66.5 Å². The van der Waals surface area contributed by atoms with E-state index in [0.717, 1.165) is 57.8 Å². The van der Waals surface area contributed by atoms with Crippen LogP contribution in [0.3, 0.4) is 0 Å². The fourth-order valence-corrected chi connectivity index (χ4v) is 11.7. The summed E-state index contributed by atoms with van der Waals surface area (Å²) in [6, 6.07) is 0. The van der Waals surface area contributed by atoms with Crippen molar-refractivity contribution in [2.24, 2.45) is 44.8 Å². The highest BCUT2D eigenvalue weighted by Gasteiger charge is 2.61. The average Bonchev–Trinajstić information content (AvgIpc) is 2.88. The largest absolute Gasteiger partial charge is 0.393 e. The first-order valence-electron chi connectivity index (χ1n) is 16.4. The van der Waals surface area contributed by atoms with Gasteiger partial charge in [-0.15, -0.1) is 0 Å². The van der Waals surface area contributed by atoms with Crippen LogP contribution in [0.25, 0.3) is 0 Å². The first kappa shape index (κ1) is 30.6. The van der Waals surface area contributed by atoms with Crippen LogP contribution in [0.4, 0.5) is 0 Å². The Bertz CT molecular complexity index is 1130. The summed E-state index contributed by atoms with van der Waals surface area (Å²) in [6.45, 7) is 17.4. The lowest BCUT2D eigenvalue weighted by atomic mass is 9.43. The number of carbonyl (C=O) groups excluding carboxylic acids is 1. The summed E-state index contributed by atoms with van der Waals surface area (Å²) in [5, 5.41) is 11.0. The number of allylic oxidation sites excluding steroid dienone is 2. The number of amides is 1. The Labute approximate surface area is 244 Å². The molecule has 4 fully saturated rings. The van der Waals surface area contributed by atoms with Crippen molar-refractivity contribution in [1.82, 2.24) is 4.90 Å². The molecule has 0 unspecified atom stereocenters. The molecule has 228 valence electrons. The molecule has 0 aromatic heterocycles. The minimum Gasteiger partial charge on any atom is -0.393 e. The first-order valence-corrected chi connectivity index (χ1v) is 18.2. The standard InChI is InChI=1S/C34H57NO4S/c1-8-9-27-31(4,5)28(36)12-13-33(27,7)24-10-11-25-26-23-30(2,3)14-16-34(26,17-15-32(25,6)22-24)29(37)35-18-20-40(38,39)21-19-35/h11,24,26-28,36H,8-10,12-23H2,1-7H3/t24-,26-,27-,28-,32-,33+,34-/m0/s1. The van der Waals surface area contributed by atoms with Crippen molar-refractivity contribution in [2.45, 2.75) is 125 Å². The van der Waals surface area contributed by atoms with E-state index in [9.17, 15) is 18.3 Å². The van der Waals surface area contributed by atoms with Crippen molar-refractivity contribution >= 4 is 15.7 Å². The van der Waals surface area contributed by atoms with Crippen LogP contribution < -0.4 is 0 Å². The second kappa shape index (κ2) is 10.1. The molecule has 1 N–H and O–H groups in total. The highest BCUT2D eigenvalue weighted by molar-refractivity contribution is 7.91. The number of hydrogen-bond donors (Lipinski definition) is 1. The van der Waals surface area contributed by atoms with Gasteiger partial charge in [0, 0.05) is 13.1 Å². The summed E-state index contributed by atoms with van der Waals surface area (Å²) in [6.07, 6.45) is 14.0. The number of hydrogen-bond acceptors (Lipinski definition) is 4. The fourth-order valence-electron chi connectivity index (χ4n) is 10.5. The Kier molecular flexibility index (Phi) is 7.72. The Morgan fingerprint density at radius 2 is 1.62 bits per heavy atom. The van der Waals surface area contributed by atoms with E-state index in [1.165, 1.54) is 12.8 Å². The monoisotopic (exact) mass is 575 g/mol. The Morgan fingerprint density at radius 3 is 2.27 bits per heavy atom. The molecule has 3 saturated carbocycles. The molecule has 0 bridgehead atoms. The average molecular weight is 576 g/mol. The lowest BCUT2D eigenvalue weighted by Crippen LogP contribution is -2.59. The molecule has 1 aliphatic heterocycles. The van der Waals surface area contributed by atoms with E-state index < -0.39 is 9.84 Å². The van der Waals surface area contributed by atoms with Gasteiger partial charge in [-0.3, -0.25) is 4.79 Å². The first-order chi connectivity index (χ1) is 18.5. The SMILES string of the molecule is CCC[C@H]1C(C)(C)[C@@H](O)CC[C@]1(C)[C@H]1CC=C2[C@@H]3CC(C)(C)CC[C@]3(C(=O)N3CCS(=O)(=O)CC3)CC[C@@]2(C)C1. The van der Waals surface area contributed by atoms with Crippen molar-refractivity contribution < 1.29 is 18.3 Å². The van der Waals surface area contributed by atoms with Gasteiger partial charge in [0.1, 0.15) is 0 Å². The maximum Gasteiger partial charge on any atom is 0.229 e. The molecule has 7 atom stereocenters. The molecular weight excluding hydrogens is 518 g/mol. The third-order valence-corrected chi connectivity index (χ3v) is 14.9. The number of carbonyl (C=O) groups is 1. The Balaban J connectivity index is 1.47. The molecule has 1 amide bonds. The van der Waals surface area contributed by atoms with Crippen molar-refractivity contribution in [3.05, 3.63) is 11.6 Å². The van der Waals surface area contributed by atoms with Gasteiger partial charge in [0.2, 0.25) is 5.91 Å². The van der Waals surface area contributed by atoms with Gasteiger partial charge in [-0.25, -0.2) is 8.42 Å².